The minimum absolute atomic E-state index is 0.105. The van der Waals surface area contributed by atoms with Gasteiger partial charge in [0.25, 0.3) is 5.69 Å². The number of nitrogens with zero attached hydrogens (tertiary/aromatic N) is 4. The van der Waals surface area contributed by atoms with Crippen LogP contribution in [0.3, 0.4) is 0 Å². The first-order valence-corrected chi connectivity index (χ1v) is 14.3. The van der Waals surface area contributed by atoms with Gasteiger partial charge in [-0.15, -0.1) is 11.3 Å². The van der Waals surface area contributed by atoms with Crippen molar-refractivity contribution in [3.63, 3.8) is 0 Å². The molecule has 0 saturated heterocycles. The summed E-state index contributed by atoms with van der Waals surface area (Å²) in [7, 11) is 0. The molecule has 0 spiro atoms. The van der Waals surface area contributed by atoms with Gasteiger partial charge in [-0.1, -0.05) is 60.7 Å². The maximum atomic E-state index is 13.2. The Labute approximate surface area is 251 Å². The second-order valence-corrected chi connectivity index (χ2v) is 10.6. The number of carbonyl (C=O) groups excluding carboxylic acids is 1. The number of aromatic nitrogens is 4. The van der Waals surface area contributed by atoms with Crippen molar-refractivity contribution in [2.24, 2.45) is 0 Å². The summed E-state index contributed by atoms with van der Waals surface area (Å²) in [5.41, 5.74) is 2.67. The maximum Gasteiger partial charge on any atom is 0.347 e. The van der Waals surface area contributed by atoms with E-state index in [1.165, 1.54) is 12.3 Å². The summed E-state index contributed by atoms with van der Waals surface area (Å²) >= 11 is 1.07. The highest BCUT2D eigenvalue weighted by molar-refractivity contribution is 7.16. The SMILES string of the molecule is Cc1c(OCc2ccccc2)c(OCc2ccccc2)cc(C(=O)NCCCn2cc(-c3ncc(C(=O)O)s3)cn2)[n+]1[O-]. The molecule has 0 aliphatic rings. The molecule has 12 heteroatoms. The Morgan fingerprint density at radius 3 is 2.35 bits per heavy atom. The topological polar surface area (TPSA) is 143 Å². The minimum Gasteiger partial charge on any atom is -0.618 e. The van der Waals surface area contributed by atoms with E-state index in [1.807, 2.05) is 60.7 Å². The van der Waals surface area contributed by atoms with Crippen molar-refractivity contribution in [3.8, 4) is 22.1 Å². The quantitative estimate of drug-likeness (QED) is 0.113. The molecule has 3 aromatic heterocycles. The molecule has 43 heavy (non-hydrogen) atoms. The van der Waals surface area contributed by atoms with Crippen molar-refractivity contribution in [2.45, 2.75) is 33.1 Å². The number of carboxylic acid groups (broad SMARTS) is 1. The van der Waals surface area contributed by atoms with Crippen LogP contribution in [0.5, 0.6) is 11.5 Å². The molecule has 2 aromatic carbocycles. The van der Waals surface area contributed by atoms with Crippen LogP contribution < -0.4 is 19.5 Å². The third-order valence-corrected chi connectivity index (χ3v) is 7.52. The van der Waals surface area contributed by atoms with Crippen molar-refractivity contribution < 1.29 is 28.9 Å². The van der Waals surface area contributed by atoms with E-state index in [-0.39, 0.29) is 35.2 Å². The van der Waals surface area contributed by atoms with Crippen LogP contribution in [-0.4, -0.2) is 38.3 Å². The molecule has 0 bridgehead atoms. The molecule has 11 nitrogen and oxygen atoms in total. The third-order valence-electron chi connectivity index (χ3n) is 6.49. The molecule has 0 aliphatic carbocycles. The smallest absolute Gasteiger partial charge is 0.347 e. The average Bonchev–Trinajstić information content (AvgIpc) is 3.71. The molecule has 5 rings (SSSR count). The number of ether oxygens (including phenoxy) is 2. The molecule has 5 aromatic rings. The average molecular weight is 600 g/mol. The summed E-state index contributed by atoms with van der Waals surface area (Å²) in [6, 6.07) is 20.6. The summed E-state index contributed by atoms with van der Waals surface area (Å²) in [6.45, 7) is 2.84. The van der Waals surface area contributed by atoms with E-state index in [1.54, 1.807) is 24.0 Å². The summed E-state index contributed by atoms with van der Waals surface area (Å²) in [5.74, 6) is -0.989. The fourth-order valence-electron chi connectivity index (χ4n) is 4.24. The fraction of sp³-hybridized carbons (Fsp3) is 0.194. The summed E-state index contributed by atoms with van der Waals surface area (Å²) in [5, 5.41) is 29.9. The first kappa shape index (κ1) is 29.3. The summed E-state index contributed by atoms with van der Waals surface area (Å²) < 4.78 is 14.4. The molecule has 3 heterocycles. The monoisotopic (exact) mass is 599 g/mol. The van der Waals surface area contributed by atoms with Gasteiger partial charge in [-0.3, -0.25) is 9.48 Å². The second-order valence-electron chi connectivity index (χ2n) is 9.59. The Bertz CT molecular complexity index is 1700. The number of thiazole rings is 1. The zero-order valence-corrected chi connectivity index (χ0v) is 24.1. The molecule has 0 atom stereocenters. The van der Waals surface area contributed by atoms with Gasteiger partial charge in [0.15, 0.2) is 5.75 Å². The first-order valence-electron chi connectivity index (χ1n) is 13.5. The van der Waals surface area contributed by atoms with Crippen LogP contribution in [0.25, 0.3) is 10.6 Å². The number of aryl methyl sites for hydroxylation is 1. The van der Waals surface area contributed by atoms with E-state index in [0.717, 1.165) is 22.5 Å². The van der Waals surface area contributed by atoms with Crippen LogP contribution in [0.2, 0.25) is 0 Å². The van der Waals surface area contributed by atoms with E-state index in [0.29, 0.717) is 40.6 Å². The van der Waals surface area contributed by atoms with Crippen molar-refractivity contribution in [1.82, 2.24) is 20.1 Å². The molecule has 0 fully saturated rings. The van der Waals surface area contributed by atoms with Crippen LogP contribution >= 0.6 is 11.3 Å². The number of pyridine rings is 1. The highest BCUT2D eigenvalue weighted by atomic mass is 32.1. The molecule has 0 aliphatic heterocycles. The van der Waals surface area contributed by atoms with Gasteiger partial charge in [-0.2, -0.15) is 9.83 Å². The molecular weight excluding hydrogens is 570 g/mol. The van der Waals surface area contributed by atoms with Gasteiger partial charge in [0.1, 0.15) is 23.1 Å². The summed E-state index contributed by atoms with van der Waals surface area (Å²) in [4.78, 5) is 28.5. The van der Waals surface area contributed by atoms with Crippen LogP contribution in [0.4, 0.5) is 0 Å². The Hall–Kier alpha value is -5.23. The van der Waals surface area contributed by atoms with E-state index >= 15 is 0 Å². The van der Waals surface area contributed by atoms with Crippen molar-refractivity contribution in [2.75, 3.05) is 6.54 Å². The van der Waals surface area contributed by atoms with Gasteiger partial charge >= 0.3 is 11.9 Å². The summed E-state index contributed by atoms with van der Waals surface area (Å²) in [6.07, 6.45) is 5.24. The van der Waals surface area contributed by atoms with Gasteiger partial charge in [-0.05, 0) is 17.5 Å². The molecular formula is C31H29N5O6S. The number of carboxylic acids is 1. The van der Waals surface area contributed by atoms with Crippen LogP contribution in [0, 0.1) is 12.1 Å². The molecule has 2 N–H and O–H groups in total. The normalized spacial score (nSPS) is 10.8. The zero-order chi connectivity index (χ0) is 30.2. The minimum atomic E-state index is -1.02. The Balaban J connectivity index is 1.24. The van der Waals surface area contributed by atoms with E-state index in [4.69, 9.17) is 14.6 Å². The number of carbonyl (C=O) groups is 2. The third kappa shape index (κ3) is 7.35. The molecule has 0 radical (unpaired) electrons. The number of aromatic carboxylic acids is 1. The highest BCUT2D eigenvalue weighted by Gasteiger charge is 2.26. The van der Waals surface area contributed by atoms with Crippen molar-refractivity contribution in [1.29, 1.82) is 0 Å². The van der Waals surface area contributed by atoms with Gasteiger partial charge in [0, 0.05) is 31.8 Å². The van der Waals surface area contributed by atoms with Crippen molar-refractivity contribution in [3.05, 3.63) is 118 Å². The fourth-order valence-corrected chi connectivity index (χ4v) is 4.97. The lowest BCUT2D eigenvalue weighted by atomic mass is 10.2. The molecule has 1 amide bonds. The molecule has 220 valence electrons. The lowest BCUT2D eigenvalue weighted by molar-refractivity contribution is -0.615. The predicted octanol–water partition coefficient (Wildman–Crippen LogP) is 4.62. The Kier molecular flexibility index (Phi) is 9.27. The number of rotatable bonds is 13. The van der Waals surface area contributed by atoms with Crippen LogP contribution in [0.1, 0.15) is 43.4 Å². The highest BCUT2D eigenvalue weighted by Crippen LogP contribution is 2.31. The van der Waals surface area contributed by atoms with Gasteiger partial charge < -0.3 is 25.1 Å². The van der Waals surface area contributed by atoms with E-state index in [2.05, 4.69) is 15.4 Å². The second kappa shape index (κ2) is 13.6. The predicted molar refractivity (Wildman–Crippen MR) is 159 cm³/mol. The van der Waals surface area contributed by atoms with Gasteiger partial charge in [0.2, 0.25) is 11.4 Å². The van der Waals surface area contributed by atoms with Gasteiger partial charge in [0.05, 0.1) is 18.5 Å². The lowest BCUT2D eigenvalue weighted by Crippen LogP contribution is -2.42. The molecule has 0 saturated carbocycles. The van der Waals surface area contributed by atoms with E-state index in [9.17, 15) is 14.8 Å². The van der Waals surface area contributed by atoms with Crippen LogP contribution in [-0.2, 0) is 19.8 Å². The maximum absolute atomic E-state index is 13.2. The van der Waals surface area contributed by atoms with Crippen LogP contribution in [0.15, 0.2) is 85.3 Å². The largest absolute Gasteiger partial charge is 0.618 e. The number of amides is 1. The van der Waals surface area contributed by atoms with Gasteiger partial charge in [-0.25, -0.2) is 9.78 Å². The number of hydrogen-bond acceptors (Lipinski definition) is 8. The lowest BCUT2D eigenvalue weighted by Gasteiger charge is -2.17. The van der Waals surface area contributed by atoms with E-state index < -0.39 is 11.9 Å². The zero-order valence-electron chi connectivity index (χ0n) is 23.3. The first-order chi connectivity index (χ1) is 20.9. The number of hydrogen-bond donors (Lipinski definition) is 2. The standard InChI is InChI=1S/C31H29N5O6S/c1-21-28(42-20-23-11-6-3-7-12-23)26(41-19-22-9-4-2-5-10-22)15-25(36(21)40)29(37)32-13-8-14-35-18-24(16-34-35)30-33-17-27(43-30)31(38)39/h2-7,9-12,15-18H,8,13-14,19-20H2,1H3,(H,32,37)(H,38,39). The Morgan fingerprint density at radius 2 is 1.70 bits per heavy atom. The number of benzene rings is 2. The van der Waals surface area contributed by atoms with Crippen molar-refractivity contribution >= 4 is 23.2 Å². The number of nitrogens with one attached hydrogen (secondary N) is 1. The molecule has 0 unspecified atom stereocenters. The Morgan fingerprint density at radius 1 is 1.02 bits per heavy atom.